The van der Waals surface area contributed by atoms with Gasteiger partial charge in [0.05, 0.1) is 0 Å². The normalized spacial score (nSPS) is 26.7. The van der Waals surface area contributed by atoms with Crippen molar-refractivity contribution < 1.29 is 14.6 Å². The molecular weight excluding hydrogens is 206 g/mol. The third-order valence-corrected chi connectivity index (χ3v) is 2.97. The maximum absolute atomic E-state index is 11.8. The second-order valence-electron chi connectivity index (χ2n) is 5.63. The number of amides is 1. The van der Waals surface area contributed by atoms with Crippen molar-refractivity contribution >= 4 is 6.09 Å². The predicted octanol–water partition coefficient (Wildman–Crippen LogP) is 1.87. The van der Waals surface area contributed by atoms with Crippen molar-refractivity contribution in [2.24, 2.45) is 11.8 Å². The summed E-state index contributed by atoms with van der Waals surface area (Å²) in [7, 11) is 0. The number of hydrogen-bond acceptors (Lipinski definition) is 3. The minimum atomic E-state index is -0.436. The minimum absolute atomic E-state index is 0.212. The first kappa shape index (κ1) is 13.3. The van der Waals surface area contributed by atoms with Crippen LogP contribution in [-0.2, 0) is 4.74 Å². The Morgan fingerprint density at radius 3 is 2.56 bits per heavy atom. The van der Waals surface area contributed by atoms with E-state index in [1.165, 1.54) is 0 Å². The highest BCUT2D eigenvalue weighted by atomic mass is 16.6. The average Bonchev–Trinajstić information content (AvgIpc) is 2.15. The van der Waals surface area contributed by atoms with E-state index in [1.54, 1.807) is 4.90 Å². The number of carbonyl (C=O) groups excluding carboxylic acids is 1. The first-order chi connectivity index (χ1) is 7.33. The molecule has 1 fully saturated rings. The zero-order chi connectivity index (χ0) is 12.3. The van der Waals surface area contributed by atoms with Gasteiger partial charge in [-0.1, -0.05) is 6.92 Å². The van der Waals surface area contributed by atoms with Crippen LogP contribution in [0.25, 0.3) is 0 Å². The molecule has 0 aromatic rings. The lowest BCUT2D eigenvalue weighted by molar-refractivity contribution is 0.00695. The van der Waals surface area contributed by atoms with E-state index in [0.29, 0.717) is 24.9 Å². The number of hydrogen-bond donors (Lipinski definition) is 1. The maximum atomic E-state index is 11.8. The molecule has 4 nitrogen and oxygen atoms in total. The minimum Gasteiger partial charge on any atom is -0.444 e. The molecule has 2 atom stereocenters. The molecule has 0 aliphatic carbocycles. The molecule has 0 unspecified atom stereocenters. The molecule has 1 heterocycles. The summed E-state index contributed by atoms with van der Waals surface area (Å²) in [4.78, 5) is 13.5. The number of ether oxygens (including phenoxy) is 1. The molecule has 0 bridgehead atoms. The van der Waals surface area contributed by atoms with Gasteiger partial charge in [0.25, 0.3) is 0 Å². The third kappa shape index (κ3) is 3.67. The second-order valence-corrected chi connectivity index (χ2v) is 5.63. The summed E-state index contributed by atoms with van der Waals surface area (Å²) < 4.78 is 5.32. The number of nitrogens with zero attached hydrogens (tertiary/aromatic N) is 1. The van der Waals surface area contributed by atoms with E-state index in [4.69, 9.17) is 9.84 Å². The standard InChI is InChI=1S/C12H23NO3/c1-9-7-13(6-5-10(9)8-14)11(15)16-12(2,3)4/h9-10,14H,5-8H2,1-4H3/t9-,10+/m1/s1. The molecule has 0 radical (unpaired) electrons. The quantitative estimate of drug-likeness (QED) is 0.746. The summed E-state index contributed by atoms with van der Waals surface area (Å²) in [5.41, 5.74) is -0.436. The lowest BCUT2D eigenvalue weighted by atomic mass is 9.88. The topological polar surface area (TPSA) is 49.8 Å². The summed E-state index contributed by atoms with van der Waals surface area (Å²) in [5, 5.41) is 9.14. The van der Waals surface area contributed by atoms with Crippen LogP contribution in [0.5, 0.6) is 0 Å². The van der Waals surface area contributed by atoms with E-state index < -0.39 is 5.60 Å². The van der Waals surface area contributed by atoms with Gasteiger partial charge in [-0.3, -0.25) is 0 Å². The van der Waals surface area contributed by atoms with E-state index in [0.717, 1.165) is 6.42 Å². The number of carbonyl (C=O) groups is 1. The van der Waals surface area contributed by atoms with Crippen molar-refractivity contribution in [1.82, 2.24) is 4.90 Å². The fraction of sp³-hybridized carbons (Fsp3) is 0.917. The van der Waals surface area contributed by atoms with Gasteiger partial charge in [0.2, 0.25) is 0 Å². The number of piperidine rings is 1. The van der Waals surface area contributed by atoms with E-state index in [1.807, 2.05) is 20.8 Å². The van der Waals surface area contributed by atoms with Gasteiger partial charge in [-0.25, -0.2) is 4.79 Å². The van der Waals surface area contributed by atoms with E-state index in [2.05, 4.69) is 6.92 Å². The maximum Gasteiger partial charge on any atom is 0.410 e. The Kier molecular flexibility index (Phi) is 4.19. The Morgan fingerprint density at radius 2 is 2.12 bits per heavy atom. The van der Waals surface area contributed by atoms with Gasteiger partial charge in [0, 0.05) is 19.7 Å². The van der Waals surface area contributed by atoms with E-state index >= 15 is 0 Å². The Morgan fingerprint density at radius 1 is 1.50 bits per heavy atom. The van der Waals surface area contributed by atoms with Gasteiger partial charge in [-0.2, -0.15) is 0 Å². The lowest BCUT2D eigenvalue weighted by Crippen LogP contribution is -2.45. The van der Waals surface area contributed by atoms with Crippen LogP contribution in [0.1, 0.15) is 34.1 Å². The van der Waals surface area contributed by atoms with Crippen molar-refractivity contribution in [3.8, 4) is 0 Å². The first-order valence-electron chi connectivity index (χ1n) is 5.92. The molecule has 1 amide bonds. The predicted molar refractivity (Wildman–Crippen MR) is 62.2 cm³/mol. The van der Waals surface area contributed by atoms with Crippen LogP contribution in [0.15, 0.2) is 0 Å². The molecule has 16 heavy (non-hydrogen) atoms. The Hall–Kier alpha value is -0.770. The third-order valence-electron chi connectivity index (χ3n) is 2.97. The van der Waals surface area contributed by atoms with Crippen LogP contribution in [0.3, 0.4) is 0 Å². The Labute approximate surface area is 97.6 Å². The summed E-state index contributed by atoms with van der Waals surface area (Å²) in [5.74, 6) is 0.657. The monoisotopic (exact) mass is 229 g/mol. The van der Waals surface area contributed by atoms with Crippen LogP contribution in [0.2, 0.25) is 0 Å². The van der Waals surface area contributed by atoms with Gasteiger partial charge in [0.15, 0.2) is 0 Å². The molecule has 0 aromatic carbocycles. The van der Waals surface area contributed by atoms with Crippen LogP contribution >= 0.6 is 0 Å². The van der Waals surface area contributed by atoms with Crippen molar-refractivity contribution in [2.45, 2.75) is 39.7 Å². The van der Waals surface area contributed by atoms with Crippen molar-refractivity contribution in [3.63, 3.8) is 0 Å². The van der Waals surface area contributed by atoms with Gasteiger partial charge < -0.3 is 14.7 Å². The molecule has 1 N–H and O–H groups in total. The largest absolute Gasteiger partial charge is 0.444 e. The summed E-state index contributed by atoms with van der Waals surface area (Å²) in [6.07, 6.45) is 0.618. The molecule has 94 valence electrons. The van der Waals surface area contributed by atoms with Crippen molar-refractivity contribution in [1.29, 1.82) is 0 Å². The van der Waals surface area contributed by atoms with E-state index in [-0.39, 0.29) is 12.7 Å². The molecule has 1 saturated heterocycles. The smallest absolute Gasteiger partial charge is 0.410 e. The molecule has 1 aliphatic heterocycles. The molecular formula is C12H23NO3. The Bertz CT molecular complexity index is 247. The molecule has 1 rings (SSSR count). The van der Waals surface area contributed by atoms with Crippen LogP contribution < -0.4 is 0 Å². The number of rotatable bonds is 1. The van der Waals surface area contributed by atoms with Crippen LogP contribution in [0, 0.1) is 11.8 Å². The van der Waals surface area contributed by atoms with Crippen molar-refractivity contribution in [3.05, 3.63) is 0 Å². The highest BCUT2D eigenvalue weighted by Gasteiger charge is 2.30. The van der Waals surface area contributed by atoms with Crippen LogP contribution in [-0.4, -0.2) is 41.4 Å². The number of aliphatic hydroxyl groups excluding tert-OH is 1. The molecule has 0 saturated carbocycles. The van der Waals surface area contributed by atoms with Gasteiger partial charge >= 0.3 is 6.09 Å². The average molecular weight is 229 g/mol. The summed E-state index contributed by atoms with van der Waals surface area (Å²) in [6.45, 7) is 9.25. The molecule has 0 spiro atoms. The van der Waals surface area contributed by atoms with Gasteiger partial charge in [0.1, 0.15) is 5.60 Å². The van der Waals surface area contributed by atoms with E-state index in [9.17, 15) is 4.79 Å². The fourth-order valence-electron chi connectivity index (χ4n) is 1.96. The lowest BCUT2D eigenvalue weighted by Gasteiger charge is -2.36. The SMILES string of the molecule is C[C@@H]1CN(C(=O)OC(C)(C)C)CC[C@H]1CO. The molecule has 1 aliphatic rings. The van der Waals surface area contributed by atoms with Gasteiger partial charge in [-0.05, 0) is 39.0 Å². The summed E-state index contributed by atoms with van der Waals surface area (Å²) >= 11 is 0. The zero-order valence-corrected chi connectivity index (χ0v) is 10.7. The number of aliphatic hydroxyl groups is 1. The van der Waals surface area contributed by atoms with Gasteiger partial charge in [-0.15, -0.1) is 0 Å². The highest BCUT2D eigenvalue weighted by Crippen LogP contribution is 2.24. The summed E-state index contributed by atoms with van der Waals surface area (Å²) in [6, 6.07) is 0. The second kappa shape index (κ2) is 5.04. The zero-order valence-electron chi connectivity index (χ0n) is 10.7. The highest BCUT2D eigenvalue weighted by molar-refractivity contribution is 5.68. The molecule has 0 aromatic heterocycles. The van der Waals surface area contributed by atoms with Crippen molar-refractivity contribution in [2.75, 3.05) is 19.7 Å². The molecule has 4 heteroatoms. The Balaban J connectivity index is 2.48. The first-order valence-corrected chi connectivity index (χ1v) is 5.92. The van der Waals surface area contributed by atoms with Crippen LogP contribution in [0.4, 0.5) is 4.79 Å². The fourth-order valence-corrected chi connectivity index (χ4v) is 1.96. The number of likely N-dealkylation sites (tertiary alicyclic amines) is 1.